The zero-order valence-electron chi connectivity index (χ0n) is 9.91. The van der Waals surface area contributed by atoms with Crippen LogP contribution in [0.15, 0.2) is 36.4 Å². The van der Waals surface area contributed by atoms with Crippen LogP contribution >= 0.6 is 34.2 Å². The highest BCUT2D eigenvalue weighted by atomic mass is 127. The van der Waals surface area contributed by atoms with Crippen LogP contribution in [0.4, 0.5) is 4.39 Å². The van der Waals surface area contributed by atoms with Gasteiger partial charge in [0.05, 0.1) is 12.1 Å². The van der Waals surface area contributed by atoms with Crippen molar-refractivity contribution in [2.75, 3.05) is 7.11 Å². The molecule has 0 aromatic heterocycles. The topological polar surface area (TPSA) is 26.3 Å². The van der Waals surface area contributed by atoms with Crippen LogP contribution in [0, 0.1) is 9.39 Å². The van der Waals surface area contributed by atoms with E-state index in [0.29, 0.717) is 25.5 Å². The Kier molecular flexibility index (Phi) is 4.42. The van der Waals surface area contributed by atoms with Crippen molar-refractivity contribution in [1.82, 2.24) is 0 Å². The first-order chi connectivity index (χ1) is 9.02. The molecule has 0 heterocycles. The fourth-order valence-corrected chi connectivity index (χ4v) is 2.55. The summed E-state index contributed by atoms with van der Waals surface area (Å²) in [5.74, 6) is -0.126. The fourth-order valence-electron chi connectivity index (χ4n) is 1.63. The Morgan fingerprint density at radius 1 is 1.26 bits per heavy atom. The van der Waals surface area contributed by atoms with Crippen molar-refractivity contribution in [3.63, 3.8) is 0 Å². The molecule has 0 N–H and O–H groups in total. The SMILES string of the molecule is COc1cc(C(=O)c2ccc(F)cc2I)ccc1Cl. The Bertz CT molecular complexity index is 643. The van der Waals surface area contributed by atoms with Gasteiger partial charge in [-0.2, -0.15) is 0 Å². The number of carbonyl (C=O) groups is 1. The minimum Gasteiger partial charge on any atom is -0.495 e. The van der Waals surface area contributed by atoms with E-state index >= 15 is 0 Å². The molecule has 0 fully saturated rings. The Labute approximate surface area is 128 Å². The molecule has 2 rings (SSSR count). The minimum absolute atomic E-state index is 0.195. The van der Waals surface area contributed by atoms with Gasteiger partial charge >= 0.3 is 0 Å². The number of hydrogen-bond donors (Lipinski definition) is 0. The lowest BCUT2D eigenvalue weighted by molar-refractivity contribution is 0.103. The molecule has 0 aliphatic carbocycles. The molecule has 19 heavy (non-hydrogen) atoms. The maximum absolute atomic E-state index is 13.0. The van der Waals surface area contributed by atoms with Gasteiger partial charge in [0.25, 0.3) is 0 Å². The first-order valence-corrected chi connectivity index (χ1v) is 6.82. The zero-order valence-corrected chi connectivity index (χ0v) is 12.8. The molecule has 0 atom stereocenters. The Morgan fingerprint density at radius 3 is 2.63 bits per heavy atom. The van der Waals surface area contributed by atoms with Crippen molar-refractivity contribution >= 4 is 40.0 Å². The second-order valence-electron chi connectivity index (χ2n) is 3.80. The third-order valence-corrected chi connectivity index (χ3v) is 3.79. The summed E-state index contributed by atoms with van der Waals surface area (Å²) in [6.45, 7) is 0. The van der Waals surface area contributed by atoms with Crippen LogP contribution < -0.4 is 4.74 Å². The number of hydrogen-bond acceptors (Lipinski definition) is 2. The molecule has 0 aliphatic rings. The molecule has 98 valence electrons. The van der Waals surface area contributed by atoms with E-state index < -0.39 is 0 Å². The van der Waals surface area contributed by atoms with Crippen LogP contribution in [-0.4, -0.2) is 12.9 Å². The molecule has 0 spiro atoms. The minimum atomic E-state index is -0.366. The Morgan fingerprint density at radius 2 is 2.00 bits per heavy atom. The largest absolute Gasteiger partial charge is 0.495 e. The molecular weight excluding hydrogens is 382 g/mol. The molecule has 2 nitrogen and oxygen atoms in total. The zero-order chi connectivity index (χ0) is 14.0. The molecule has 0 unspecified atom stereocenters. The summed E-state index contributed by atoms with van der Waals surface area (Å²) in [5, 5.41) is 0.438. The van der Waals surface area contributed by atoms with Gasteiger partial charge in [-0.05, 0) is 59.0 Å². The third kappa shape index (κ3) is 3.06. The molecule has 0 saturated heterocycles. The summed E-state index contributed by atoms with van der Waals surface area (Å²) in [5.41, 5.74) is 0.900. The van der Waals surface area contributed by atoms with Crippen LogP contribution in [-0.2, 0) is 0 Å². The van der Waals surface area contributed by atoms with Gasteiger partial charge in [0.2, 0.25) is 0 Å². The van der Waals surface area contributed by atoms with E-state index in [9.17, 15) is 9.18 Å². The highest BCUT2D eigenvalue weighted by molar-refractivity contribution is 14.1. The maximum Gasteiger partial charge on any atom is 0.194 e. The normalized spacial score (nSPS) is 10.3. The summed E-state index contributed by atoms with van der Waals surface area (Å²) in [6.07, 6.45) is 0. The average Bonchev–Trinajstić information content (AvgIpc) is 2.38. The molecule has 2 aromatic carbocycles. The van der Waals surface area contributed by atoms with Crippen LogP contribution in [0.1, 0.15) is 15.9 Å². The van der Waals surface area contributed by atoms with Crippen molar-refractivity contribution in [3.8, 4) is 5.75 Å². The summed E-state index contributed by atoms with van der Waals surface area (Å²) >= 11 is 7.85. The van der Waals surface area contributed by atoms with Gasteiger partial charge in [-0.3, -0.25) is 4.79 Å². The summed E-state index contributed by atoms with van der Waals surface area (Å²) < 4.78 is 18.7. The van der Waals surface area contributed by atoms with Gasteiger partial charge < -0.3 is 4.74 Å². The van der Waals surface area contributed by atoms with Crippen LogP contribution in [0.5, 0.6) is 5.75 Å². The number of rotatable bonds is 3. The van der Waals surface area contributed by atoms with Gasteiger partial charge in [-0.15, -0.1) is 0 Å². The molecule has 0 saturated carbocycles. The molecule has 0 bridgehead atoms. The average molecular weight is 391 g/mol. The first kappa shape index (κ1) is 14.3. The number of ketones is 1. The van der Waals surface area contributed by atoms with E-state index in [1.54, 1.807) is 18.2 Å². The quantitative estimate of drug-likeness (QED) is 0.576. The number of methoxy groups -OCH3 is 1. The Hall–Kier alpha value is -1.14. The third-order valence-electron chi connectivity index (χ3n) is 2.59. The van der Waals surface area contributed by atoms with Crippen molar-refractivity contribution in [2.45, 2.75) is 0 Å². The second-order valence-corrected chi connectivity index (χ2v) is 5.37. The lowest BCUT2D eigenvalue weighted by Gasteiger charge is -2.07. The van der Waals surface area contributed by atoms with Crippen molar-refractivity contribution < 1.29 is 13.9 Å². The summed E-state index contributed by atoms with van der Waals surface area (Å²) in [4.78, 5) is 12.3. The van der Waals surface area contributed by atoms with E-state index in [0.717, 1.165) is 0 Å². The van der Waals surface area contributed by atoms with Crippen molar-refractivity contribution in [3.05, 3.63) is 61.9 Å². The molecule has 0 amide bonds. The van der Waals surface area contributed by atoms with E-state index in [2.05, 4.69) is 0 Å². The predicted molar refractivity (Wildman–Crippen MR) is 80.6 cm³/mol. The van der Waals surface area contributed by atoms with E-state index in [1.165, 1.54) is 25.3 Å². The monoisotopic (exact) mass is 390 g/mol. The second kappa shape index (κ2) is 5.88. The number of halogens is 3. The number of benzene rings is 2. The molecule has 0 aliphatic heterocycles. The fraction of sp³-hybridized carbons (Fsp3) is 0.0714. The standard InChI is InChI=1S/C14H9ClFIO2/c1-19-13-6-8(2-5-11(13)15)14(18)10-4-3-9(16)7-12(10)17/h2-7H,1H3. The van der Waals surface area contributed by atoms with Crippen LogP contribution in [0.25, 0.3) is 0 Å². The van der Waals surface area contributed by atoms with Gasteiger partial charge in [-0.25, -0.2) is 4.39 Å². The van der Waals surface area contributed by atoms with Gasteiger partial charge in [-0.1, -0.05) is 11.6 Å². The van der Waals surface area contributed by atoms with E-state index in [1.807, 2.05) is 22.6 Å². The van der Waals surface area contributed by atoms with Crippen LogP contribution in [0.3, 0.4) is 0 Å². The van der Waals surface area contributed by atoms with Crippen molar-refractivity contribution in [1.29, 1.82) is 0 Å². The molecular formula is C14H9ClFIO2. The number of carbonyl (C=O) groups excluding carboxylic acids is 1. The first-order valence-electron chi connectivity index (χ1n) is 5.36. The van der Waals surface area contributed by atoms with Gasteiger partial charge in [0.1, 0.15) is 11.6 Å². The smallest absolute Gasteiger partial charge is 0.194 e. The van der Waals surface area contributed by atoms with E-state index in [-0.39, 0.29) is 11.6 Å². The lowest BCUT2D eigenvalue weighted by atomic mass is 10.0. The Balaban J connectivity index is 2.44. The van der Waals surface area contributed by atoms with E-state index in [4.69, 9.17) is 16.3 Å². The predicted octanol–water partition coefficient (Wildman–Crippen LogP) is 4.32. The molecule has 2 aromatic rings. The van der Waals surface area contributed by atoms with Crippen molar-refractivity contribution in [2.24, 2.45) is 0 Å². The van der Waals surface area contributed by atoms with Crippen LogP contribution in [0.2, 0.25) is 5.02 Å². The highest BCUT2D eigenvalue weighted by Crippen LogP contribution is 2.27. The molecule has 0 radical (unpaired) electrons. The summed E-state index contributed by atoms with van der Waals surface area (Å²) in [6, 6.07) is 8.85. The number of ether oxygens (including phenoxy) is 1. The van der Waals surface area contributed by atoms with Gasteiger partial charge in [0, 0.05) is 14.7 Å². The maximum atomic E-state index is 13.0. The van der Waals surface area contributed by atoms with Gasteiger partial charge in [0.15, 0.2) is 5.78 Å². The highest BCUT2D eigenvalue weighted by Gasteiger charge is 2.14. The summed E-state index contributed by atoms with van der Waals surface area (Å²) in [7, 11) is 1.48. The lowest BCUT2D eigenvalue weighted by Crippen LogP contribution is -2.04. The molecule has 5 heteroatoms.